The normalized spacial score (nSPS) is 13.6. The molecule has 2 N–H and O–H groups in total. The highest BCUT2D eigenvalue weighted by Gasteiger charge is 2.24. The molecular weight excluding hydrogens is 316 g/mol. The molecule has 3 rings (SSSR count). The molecular formula is C20H22N2O3. The number of esters is 1. The van der Waals surface area contributed by atoms with Crippen LogP contribution < -0.4 is 10.6 Å². The SMILES string of the molecule is CCOC(=O)c1ccc(Nc2ccc(NC(=O)C3CCC3)cc2)cc1. The Hall–Kier alpha value is -2.82. The van der Waals surface area contributed by atoms with Crippen molar-refractivity contribution in [3.05, 3.63) is 54.1 Å². The van der Waals surface area contributed by atoms with Crippen LogP contribution in [0.2, 0.25) is 0 Å². The molecule has 0 aliphatic heterocycles. The minimum atomic E-state index is -0.319. The summed E-state index contributed by atoms with van der Waals surface area (Å²) >= 11 is 0. The Balaban J connectivity index is 1.57. The molecule has 0 spiro atoms. The number of carbonyl (C=O) groups is 2. The number of amides is 1. The Morgan fingerprint density at radius 1 is 0.960 bits per heavy atom. The molecule has 1 fully saturated rings. The summed E-state index contributed by atoms with van der Waals surface area (Å²) in [5, 5.41) is 6.21. The number of ether oxygens (including phenoxy) is 1. The molecule has 1 aliphatic carbocycles. The lowest BCUT2D eigenvalue weighted by atomic mass is 9.85. The Labute approximate surface area is 147 Å². The van der Waals surface area contributed by atoms with Gasteiger partial charge >= 0.3 is 5.97 Å². The molecule has 2 aromatic rings. The molecule has 1 aliphatic rings. The zero-order chi connectivity index (χ0) is 17.6. The molecule has 0 aromatic heterocycles. The molecule has 0 bridgehead atoms. The summed E-state index contributed by atoms with van der Waals surface area (Å²) in [5.74, 6) is -0.0298. The van der Waals surface area contributed by atoms with Crippen molar-refractivity contribution in [1.29, 1.82) is 0 Å². The average molecular weight is 338 g/mol. The maximum absolute atomic E-state index is 11.9. The predicted octanol–water partition coefficient (Wildman–Crippen LogP) is 4.35. The molecule has 25 heavy (non-hydrogen) atoms. The lowest BCUT2D eigenvalue weighted by Crippen LogP contribution is -2.27. The average Bonchev–Trinajstić information content (AvgIpc) is 2.56. The fraction of sp³-hybridized carbons (Fsp3) is 0.300. The van der Waals surface area contributed by atoms with E-state index in [1.54, 1.807) is 19.1 Å². The molecule has 5 heteroatoms. The minimum absolute atomic E-state index is 0.113. The highest BCUT2D eigenvalue weighted by Crippen LogP contribution is 2.28. The van der Waals surface area contributed by atoms with Gasteiger partial charge in [-0.1, -0.05) is 6.42 Å². The van der Waals surface area contributed by atoms with Crippen LogP contribution in [-0.2, 0) is 9.53 Å². The highest BCUT2D eigenvalue weighted by atomic mass is 16.5. The Bertz CT molecular complexity index is 735. The van der Waals surface area contributed by atoms with Crippen molar-refractivity contribution < 1.29 is 14.3 Å². The molecule has 1 saturated carbocycles. The second-order valence-corrected chi connectivity index (χ2v) is 6.12. The van der Waals surface area contributed by atoms with E-state index >= 15 is 0 Å². The molecule has 5 nitrogen and oxygen atoms in total. The van der Waals surface area contributed by atoms with E-state index in [1.165, 1.54) is 0 Å². The zero-order valence-electron chi connectivity index (χ0n) is 14.2. The molecule has 2 aromatic carbocycles. The Kier molecular flexibility index (Phi) is 5.33. The van der Waals surface area contributed by atoms with Crippen LogP contribution in [0.25, 0.3) is 0 Å². The fourth-order valence-electron chi connectivity index (χ4n) is 2.62. The summed E-state index contributed by atoms with van der Waals surface area (Å²) in [4.78, 5) is 23.6. The number of hydrogen-bond donors (Lipinski definition) is 2. The van der Waals surface area contributed by atoms with Gasteiger partial charge in [0.1, 0.15) is 0 Å². The topological polar surface area (TPSA) is 67.4 Å². The van der Waals surface area contributed by atoms with Crippen LogP contribution in [0.3, 0.4) is 0 Å². The monoisotopic (exact) mass is 338 g/mol. The molecule has 0 unspecified atom stereocenters. The van der Waals surface area contributed by atoms with Gasteiger partial charge in [-0.25, -0.2) is 4.79 Å². The van der Waals surface area contributed by atoms with Crippen molar-refractivity contribution in [2.45, 2.75) is 26.2 Å². The smallest absolute Gasteiger partial charge is 0.338 e. The second kappa shape index (κ2) is 7.83. The van der Waals surface area contributed by atoms with E-state index in [9.17, 15) is 9.59 Å². The molecule has 1 amide bonds. The van der Waals surface area contributed by atoms with E-state index in [0.717, 1.165) is 36.3 Å². The maximum Gasteiger partial charge on any atom is 0.338 e. The first-order valence-corrected chi connectivity index (χ1v) is 8.61. The van der Waals surface area contributed by atoms with Crippen molar-refractivity contribution in [2.24, 2.45) is 5.92 Å². The summed E-state index contributed by atoms with van der Waals surface area (Å²) < 4.78 is 4.97. The van der Waals surface area contributed by atoms with E-state index in [0.29, 0.717) is 12.2 Å². The lowest BCUT2D eigenvalue weighted by Gasteiger charge is -2.24. The minimum Gasteiger partial charge on any atom is -0.462 e. The maximum atomic E-state index is 11.9. The number of rotatable bonds is 6. The third-order valence-corrected chi connectivity index (χ3v) is 4.31. The van der Waals surface area contributed by atoms with Gasteiger partial charge in [0.2, 0.25) is 5.91 Å². The molecule has 0 heterocycles. The number of nitrogens with one attached hydrogen (secondary N) is 2. The third-order valence-electron chi connectivity index (χ3n) is 4.31. The van der Waals surface area contributed by atoms with Crippen molar-refractivity contribution in [1.82, 2.24) is 0 Å². The first kappa shape index (κ1) is 17.0. The Morgan fingerprint density at radius 3 is 2.04 bits per heavy atom. The van der Waals surface area contributed by atoms with Gasteiger partial charge in [0.15, 0.2) is 0 Å². The summed E-state index contributed by atoms with van der Waals surface area (Å²) in [6, 6.07) is 14.7. The van der Waals surface area contributed by atoms with Crippen LogP contribution >= 0.6 is 0 Å². The van der Waals surface area contributed by atoms with Crippen LogP contribution in [0.4, 0.5) is 17.1 Å². The van der Waals surface area contributed by atoms with Gasteiger partial charge in [-0.2, -0.15) is 0 Å². The van der Waals surface area contributed by atoms with E-state index < -0.39 is 0 Å². The summed E-state index contributed by atoms with van der Waals surface area (Å²) in [6.07, 6.45) is 3.14. The van der Waals surface area contributed by atoms with Crippen molar-refractivity contribution in [3.63, 3.8) is 0 Å². The number of carbonyl (C=O) groups excluding carboxylic acids is 2. The van der Waals surface area contributed by atoms with Gasteiger partial charge in [0, 0.05) is 23.0 Å². The van der Waals surface area contributed by atoms with Gasteiger partial charge in [-0.05, 0) is 68.3 Å². The second-order valence-electron chi connectivity index (χ2n) is 6.12. The molecule has 130 valence electrons. The summed E-state index contributed by atoms with van der Waals surface area (Å²) in [6.45, 7) is 2.15. The Morgan fingerprint density at radius 2 is 1.52 bits per heavy atom. The van der Waals surface area contributed by atoms with Gasteiger partial charge in [0.05, 0.1) is 12.2 Å². The van der Waals surface area contributed by atoms with Gasteiger partial charge < -0.3 is 15.4 Å². The largest absolute Gasteiger partial charge is 0.462 e. The molecule has 0 atom stereocenters. The van der Waals surface area contributed by atoms with E-state index in [2.05, 4.69) is 10.6 Å². The molecule has 0 saturated heterocycles. The van der Waals surface area contributed by atoms with Crippen LogP contribution in [0.1, 0.15) is 36.5 Å². The summed E-state index contributed by atoms with van der Waals surface area (Å²) in [5.41, 5.74) is 3.12. The van der Waals surface area contributed by atoms with E-state index in [-0.39, 0.29) is 17.8 Å². The first-order chi connectivity index (χ1) is 12.2. The zero-order valence-corrected chi connectivity index (χ0v) is 14.2. The van der Waals surface area contributed by atoms with Gasteiger partial charge in [-0.3, -0.25) is 4.79 Å². The third kappa shape index (κ3) is 4.38. The van der Waals surface area contributed by atoms with Crippen LogP contribution in [0.15, 0.2) is 48.5 Å². The standard InChI is InChI=1S/C20H22N2O3/c1-2-25-20(24)15-6-8-16(9-7-15)21-17-10-12-18(13-11-17)22-19(23)14-4-3-5-14/h6-14,21H,2-5H2,1H3,(H,22,23). The van der Waals surface area contributed by atoms with Crippen LogP contribution in [0, 0.1) is 5.92 Å². The predicted molar refractivity (Wildman–Crippen MR) is 98.1 cm³/mol. The number of benzene rings is 2. The van der Waals surface area contributed by atoms with Gasteiger partial charge in [0.25, 0.3) is 0 Å². The molecule has 0 radical (unpaired) electrons. The fourth-order valence-corrected chi connectivity index (χ4v) is 2.62. The van der Waals surface area contributed by atoms with Gasteiger partial charge in [-0.15, -0.1) is 0 Å². The van der Waals surface area contributed by atoms with Crippen molar-refractivity contribution in [2.75, 3.05) is 17.2 Å². The summed E-state index contributed by atoms with van der Waals surface area (Å²) in [7, 11) is 0. The lowest BCUT2D eigenvalue weighted by molar-refractivity contribution is -0.122. The number of anilines is 3. The number of hydrogen-bond acceptors (Lipinski definition) is 4. The quantitative estimate of drug-likeness (QED) is 0.769. The van der Waals surface area contributed by atoms with E-state index in [1.807, 2.05) is 36.4 Å². The first-order valence-electron chi connectivity index (χ1n) is 8.61. The van der Waals surface area contributed by atoms with Crippen LogP contribution in [0.5, 0.6) is 0 Å². The van der Waals surface area contributed by atoms with E-state index in [4.69, 9.17) is 4.74 Å². The van der Waals surface area contributed by atoms with Crippen LogP contribution in [-0.4, -0.2) is 18.5 Å². The highest BCUT2D eigenvalue weighted by molar-refractivity contribution is 5.93. The van der Waals surface area contributed by atoms with Crippen molar-refractivity contribution in [3.8, 4) is 0 Å². The van der Waals surface area contributed by atoms with Crippen molar-refractivity contribution >= 4 is 28.9 Å².